The van der Waals surface area contributed by atoms with Crippen LogP contribution in [0.4, 0.5) is 10.3 Å². The lowest BCUT2D eigenvalue weighted by atomic mass is 9.76. The third-order valence-corrected chi connectivity index (χ3v) is 10.9. The number of aromatic nitrogens is 4. The predicted molar refractivity (Wildman–Crippen MR) is 155 cm³/mol. The molecule has 0 spiro atoms. The minimum absolute atomic E-state index is 0.0791. The van der Waals surface area contributed by atoms with Crippen molar-refractivity contribution in [1.29, 1.82) is 5.26 Å². The van der Waals surface area contributed by atoms with E-state index in [4.69, 9.17) is 11.6 Å². The summed E-state index contributed by atoms with van der Waals surface area (Å²) in [6.07, 6.45) is 5.96. The number of nitriles is 1. The average molecular weight is 615 g/mol. The zero-order chi connectivity index (χ0) is 29.6. The lowest BCUT2D eigenvalue weighted by molar-refractivity contribution is 0.0109. The Balaban J connectivity index is 1.15. The first-order valence-electron chi connectivity index (χ1n) is 14.0. The standard InChI is InChI=1S/C28H32ClFN8O3S/c1-28(9-20(39)10-28)33-12-17-2-5-25(22(29)8-17)38-15-19(14-34-38)26-18(11-31)13-32-27(36-26)35-24-6-7-37(16-23(24)30)42(40,41)21-3-4-21/h2,5,8,13-15,20-21,23-24,33,39H,3-4,6-7,9-10,12,16H2,1H3,(H,32,35,36)/t20-,23-,24+,28-/m1/s1. The SMILES string of the molecule is C[C@]1(NCc2ccc(-n3cc(-c4nc(N[C@H]5CCN(S(=O)(=O)C6CC6)C[C@H]5F)ncc4C#N)cn3)c(Cl)c2)C[C@H](O)C1. The molecule has 2 aliphatic carbocycles. The van der Waals surface area contributed by atoms with E-state index in [0.717, 1.165) is 18.4 Å². The third kappa shape index (κ3) is 5.87. The van der Waals surface area contributed by atoms with Crippen LogP contribution in [0.5, 0.6) is 0 Å². The van der Waals surface area contributed by atoms with Crippen LogP contribution in [0, 0.1) is 11.3 Å². The highest BCUT2D eigenvalue weighted by atomic mass is 35.5. The van der Waals surface area contributed by atoms with Gasteiger partial charge in [-0.15, -0.1) is 0 Å². The molecule has 3 aliphatic rings. The van der Waals surface area contributed by atoms with Crippen molar-refractivity contribution < 1.29 is 17.9 Å². The van der Waals surface area contributed by atoms with Gasteiger partial charge in [-0.05, 0) is 56.7 Å². The summed E-state index contributed by atoms with van der Waals surface area (Å²) >= 11 is 6.61. The summed E-state index contributed by atoms with van der Waals surface area (Å²) < 4.78 is 42.9. The molecule has 0 unspecified atom stereocenters. The normalized spacial score (nSPS) is 26.4. The smallest absolute Gasteiger partial charge is 0.223 e. The van der Waals surface area contributed by atoms with E-state index >= 15 is 4.39 Å². The largest absolute Gasteiger partial charge is 0.393 e. The molecule has 222 valence electrons. The Kier molecular flexibility index (Phi) is 7.69. The summed E-state index contributed by atoms with van der Waals surface area (Å²) in [5.74, 6) is 0.144. The van der Waals surface area contributed by atoms with Gasteiger partial charge >= 0.3 is 0 Å². The molecular formula is C28H32ClFN8O3S. The first kappa shape index (κ1) is 28.9. The molecule has 6 rings (SSSR count). The van der Waals surface area contributed by atoms with E-state index in [-0.39, 0.29) is 47.9 Å². The summed E-state index contributed by atoms with van der Waals surface area (Å²) in [5.41, 5.74) is 2.68. The number of sulfonamides is 1. The molecule has 3 N–H and O–H groups in total. The minimum atomic E-state index is -3.44. The number of alkyl halides is 1. The molecule has 0 amide bonds. The molecule has 1 saturated heterocycles. The highest BCUT2D eigenvalue weighted by Gasteiger charge is 2.43. The van der Waals surface area contributed by atoms with Crippen LogP contribution < -0.4 is 10.6 Å². The van der Waals surface area contributed by atoms with E-state index in [1.54, 1.807) is 17.1 Å². The van der Waals surface area contributed by atoms with Gasteiger partial charge in [0.25, 0.3) is 0 Å². The number of aliphatic hydroxyl groups is 1. The van der Waals surface area contributed by atoms with Crippen LogP contribution in [0.2, 0.25) is 5.02 Å². The van der Waals surface area contributed by atoms with Crippen molar-refractivity contribution in [2.24, 2.45) is 0 Å². The van der Waals surface area contributed by atoms with Gasteiger partial charge in [0, 0.05) is 36.9 Å². The fraction of sp³-hybridized carbons (Fsp3) is 0.500. The number of piperidine rings is 1. The van der Waals surface area contributed by atoms with Gasteiger partial charge in [-0.25, -0.2) is 27.5 Å². The van der Waals surface area contributed by atoms with Gasteiger partial charge in [-0.3, -0.25) is 0 Å². The van der Waals surface area contributed by atoms with Gasteiger partial charge in [0.2, 0.25) is 16.0 Å². The van der Waals surface area contributed by atoms with E-state index in [2.05, 4.69) is 38.7 Å². The maximum absolute atomic E-state index is 15.1. The Morgan fingerprint density at radius 3 is 2.71 bits per heavy atom. The van der Waals surface area contributed by atoms with E-state index in [9.17, 15) is 18.8 Å². The number of nitrogens with one attached hydrogen (secondary N) is 2. The number of rotatable bonds is 9. The van der Waals surface area contributed by atoms with Crippen LogP contribution in [0.1, 0.15) is 50.2 Å². The van der Waals surface area contributed by atoms with E-state index < -0.39 is 22.2 Å². The molecule has 14 heteroatoms. The van der Waals surface area contributed by atoms with Crippen LogP contribution in [-0.2, 0) is 16.6 Å². The zero-order valence-corrected chi connectivity index (χ0v) is 24.6. The number of aliphatic hydroxyl groups excluding tert-OH is 1. The van der Waals surface area contributed by atoms with Crippen molar-refractivity contribution in [1.82, 2.24) is 29.4 Å². The molecule has 3 aromatic rings. The fourth-order valence-corrected chi connectivity index (χ4v) is 7.78. The molecule has 11 nitrogen and oxygen atoms in total. The molecule has 42 heavy (non-hydrogen) atoms. The lowest BCUT2D eigenvalue weighted by Gasteiger charge is -2.43. The molecular weight excluding hydrogens is 583 g/mol. The van der Waals surface area contributed by atoms with Crippen LogP contribution >= 0.6 is 11.6 Å². The molecule has 1 aromatic carbocycles. The maximum atomic E-state index is 15.1. The van der Waals surface area contributed by atoms with Crippen molar-refractivity contribution in [3.05, 3.63) is 52.9 Å². The summed E-state index contributed by atoms with van der Waals surface area (Å²) in [7, 11) is -3.44. The highest BCUT2D eigenvalue weighted by Crippen LogP contribution is 2.34. The van der Waals surface area contributed by atoms with Crippen molar-refractivity contribution in [2.75, 3.05) is 18.4 Å². The van der Waals surface area contributed by atoms with Gasteiger partial charge in [-0.1, -0.05) is 17.7 Å². The van der Waals surface area contributed by atoms with E-state index in [1.165, 1.54) is 10.5 Å². The molecule has 1 aliphatic heterocycles. The van der Waals surface area contributed by atoms with E-state index in [0.29, 0.717) is 41.4 Å². The summed E-state index contributed by atoms with van der Waals surface area (Å²) in [4.78, 5) is 8.70. The zero-order valence-electron chi connectivity index (χ0n) is 23.0. The maximum Gasteiger partial charge on any atom is 0.223 e. The van der Waals surface area contributed by atoms with E-state index in [1.807, 2.05) is 18.2 Å². The summed E-state index contributed by atoms with van der Waals surface area (Å²) in [6, 6.07) is 7.11. The van der Waals surface area contributed by atoms with Gasteiger partial charge in [0.15, 0.2) is 0 Å². The second-order valence-electron chi connectivity index (χ2n) is 11.7. The Labute approximate surface area is 248 Å². The number of halogens is 2. The first-order valence-corrected chi connectivity index (χ1v) is 15.9. The molecule has 3 heterocycles. The quantitative estimate of drug-likeness (QED) is 0.330. The van der Waals surface area contributed by atoms with Crippen molar-refractivity contribution >= 4 is 27.6 Å². The molecule has 2 aromatic heterocycles. The van der Waals surface area contributed by atoms with Crippen molar-refractivity contribution in [3.8, 4) is 23.0 Å². The lowest BCUT2D eigenvalue weighted by Crippen LogP contribution is -2.54. The van der Waals surface area contributed by atoms with Gasteiger partial charge in [-0.2, -0.15) is 14.7 Å². The number of hydrogen-bond acceptors (Lipinski definition) is 9. The van der Waals surface area contributed by atoms with Crippen LogP contribution in [0.25, 0.3) is 16.9 Å². The third-order valence-electron chi connectivity index (χ3n) is 8.24. The highest BCUT2D eigenvalue weighted by molar-refractivity contribution is 7.90. The fourth-order valence-electron chi connectivity index (χ4n) is 5.63. The topological polar surface area (TPSA) is 149 Å². The average Bonchev–Trinajstić information content (AvgIpc) is 3.71. The van der Waals surface area contributed by atoms with Crippen LogP contribution in [0.15, 0.2) is 36.8 Å². The molecule has 3 fully saturated rings. The molecule has 2 atom stereocenters. The summed E-state index contributed by atoms with van der Waals surface area (Å²) in [5, 5.41) is 30.3. The van der Waals surface area contributed by atoms with Gasteiger partial charge in [0.1, 0.15) is 12.2 Å². The number of anilines is 1. The Morgan fingerprint density at radius 1 is 1.26 bits per heavy atom. The van der Waals surface area contributed by atoms with Crippen LogP contribution in [-0.4, -0.2) is 79.8 Å². The van der Waals surface area contributed by atoms with Crippen molar-refractivity contribution in [3.63, 3.8) is 0 Å². The van der Waals surface area contributed by atoms with Gasteiger partial charge in [0.05, 0.1) is 51.8 Å². The molecule has 0 radical (unpaired) electrons. The molecule has 0 bridgehead atoms. The number of nitrogens with zero attached hydrogens (tertiary/aromatic N) is 6. The first-order chi connectivity index (χ1) is 20.0. The second-order valence-corrected chi connectivity index (χ2v) is 14.3. The number of hydrogen-bond donors (Lipinski definition) is 3. The Bertz CT molecular complexity index is 1630. The van der Waals surface area contributed by atoms with Crippen LogP contribution in [0.3, 0.4) is 0 Å². The monoisotopic (exact) mass is 614 g/mol. The minimum Gasteiger partial charge on any atom is -0.393 e. The Morgan fingerprint density at radius 2 is 2.05 bits per heavy atom. The molecule has 2 saturated carbocycles. The summed E-state index contributed by atoms with van der Waals surface area (Å²) in [6.45, 7) is 2.73. The Hall–Kier alpha value is -3.15. The number of benzene rings is 1. The predicted octanol–water partition coefficient (Wildman–Crippen LogP) is 3.17. The van der Waals surface area contributed by atoms with Gasteiger partial charge < -0.3 is 15.7 Å². The van der Waals surface area contributed by atoms with Crippen molar-refractivity contribution in [2.45, 2.75) is 74.7 Å². The second kappa shape index (κ2) is 11.2.